The monoisotopic (exact) mass is 619 g/mol. The van der Waals surface area contributed by atoms with Crippen LogP contribution in [0.1, 0.15) is 21.6 Å². The summed E-state index contributed by atoms with van der Waals surface area (Å²) in [7, 11) is 3.75. The molecule has 0 aliphatic carbocycles. The van der Waals surface area contributed by atoms with Gasteiger partial charge in [-0.15, -0.1) is 0 Å². The first-order chi connectivity index (χ1) is 13.1. The predicted octanol–water partition coefficient (Wildman–Crippen LogP) is -3.80. The van der Waals surface area contributed by atoms with Crippen LogP contribution >= 0.6 is 0 Å². The van der Waals surface area contributed by atoms with Crippen LogP contribution in [0.3, 0.4) is 0 Å². The lowest BCUT2D eigenvalue weighted by atomic mass is 10.2. The maximum atomic E-state index is 11.7. The Morgan fingerprint density at radius 3 is 2.31 bits per heavy atom. The van der Waals surface area contributed by atoms with E-state index in [1.165, 1.54) is 6.21 Å². The Bertz CT molecular complexity index is 906. The summed E-state index contributed by atoms with van der Waals surface area (Å²) in [5.74, 6) is -0.301. The molecule has 8 heteroatoms. The summed E-state index contributed by atoms with van der Waals surface area (Å²) in [5, 5.41) is 11.1. The van der Waals surface area contributed by atoms with Crippen LogP contribution in [-0.4, -0.2) is 17.4 Å². The molecule has 3 aromatic rings. The van der Waals surface area contributed by atoms with Gasteiger partial charge in [-0.1, -0.05) is 35.5 Å². The molecule has 29 heavy (non-hydrogen) atoms. The van der Waals surface area contributed by atoms with Crippen LogP contribution in [0.15, 0.2) is 84.4 Å². The van der Waals surface area contributed by atoms with Gasteiger partial charge in [0.1, 0.15) is 32.5 Å². The van der Waals surface area contributed by atoms with E-state index in [9.17, 15) is 4.79 Å². The van der Waals surface area contributed by atoms with Gasteiger partial charge in [0.05, 0.1) is 0 Å². The molecular formula is C21H23I2N3O3. The molecule has 0 aliphatic rings. The second kappa shape index (κ2) is 14.9. The Labute approximate surface area is 204 Å². The number of pyridine rings is 2. The summed E-state index contributed by atoms with van der Waals surface area (Å²) in [4.78, 5) is 11.7. The molecule has 0 spiro atoms. The Morgan fingerprint density at radius 1 is 1.00 bits per heavy atom. The van der Waals surface area contributed by atoms with Crippen molar-refractivity contribution in [2.45, 2.75) is 6.61 Å². The molecule has 2 aromatic heterocycles. The number of carbonyl (C=O) groups excluding carboxylic acids is 1. The fourth-order valence-electron chi connectivity index (χ4n) is 2.24. The molecule has 3 rings (SSSR count). The molecule has 0 bridgehead atoms. The lowest BCUT2D eigenvalue weighted by Gasteiger charge is -2.03. The van der Waals surface area contributed by atoms with Crippen LogP contribution in [0.25, 0.3) is 0 Å². The number of esters is 1. The summed E-state index contributed by atoms with van der Waals surface area (Å²) in [6, 6.07) is 18.9. The normalized spacial score (nSPS) is 9.45. The van der Waals surface area contributed by atoms with Crippen LogP contribution in [0.4, 0.5) is 0 Å². The number of aromatic nitrogens is 2. The van der Waals surface area contributed by atoms with E-state index >= 15 is 0 Å². The topological polar surface area (TPSA) is 66.7 Å². The van der Waals surface area contributed by atoms with Crippen LogP contribution in [0.5, 0.6) is 0 Å². The van der Waals surface area contributed by atoms with Crippen molar-refractivity contribution in [3.63, 3.8) is 0 Å². The molecule has 0 saturated carbocycles. The van der Waals surface area contributed by atoms with Crippen molar-refractivity contribution in [3.05, 3.63) is 96.1 Å². The van der Waals surface area contributed by atoms with Gasteiger partial charge < -0.3 is 57.9 Å². The number of halogens is 2. The molecule has 154 valence electrons. The molecule has 0 unspecified atom stereocenters. The standard InChI is InChI=1S/C14H14NO2.C7H8N2O.2HI/c1-15-9-5-8-13(10-15)14(16)17-11-12-6-3-2-4-7-12;1-9-5-3-2-4-7(9)6-8-10;;/h2-10H,11H2,1H3;2-6H,1H3;2*1H/q+1;;;/p-1. The highest BCUT2D eigenvalue weighted by atomic mass is 127. The number of carbonyl (C=O) groups is 1. The van der Waals surface area contributed by atoms with Gasteiger partial charge in [-0.2, -0.15) is 0 Å². The summed E-state index contributed by atoms with van der Waals surface area (Å²) < 4.78 is 8.90. The number of nitrogens with zero attached hydrogens (tertiary/aromatic N) is 3. The van der Waals surface area contributed by atoms with Gasteiger partial charge in [0, 0.05) is 18.2 Å². The highest BCUT2D eigenvalue weighted by molar-refractivity contribution is 5.88. The van der Waals surface area contributed by atoms with E-state index in [2.05, 4.69) is 5.16 Å². The smallest absolute Gasteiger partial charge is 0.344 e. The third-order valence-electron chi connectivity index (χ3n) is 3.67. The van der Waals surface area contributed by atoms with Crippen LogP contribution < -0.4 is 57.1 Å². The van der Waals surface area contributed by atoms with Crippen LogP contribution in [0, 0.1) is 0 Å². The lowest BCUT2D eigenvalue weighted by molar-refractivity contribution is -0.672. The van der Waals surface area contributed by atoms with E-state index in [0.29, 0.717) is 12.2 Å². The summed E-state index contributed by atoms with van der Waals surface area (Å²) >= 11 is 0. The molecule has 0 fully saturated rings. The van der Waals surface area contributed by atoms with E-state index in [4.69, 9.17) is 9.94 Å². The Kier molecular flexibility index (Phi) is 13.8. The second-order valence-electron chi connectivity index (χ2n) is 5.80. The minimum atomic E-state index is -0.301. The van der Waals surface area contributed by atoms with Gasteiger partial charge in [0.25, 0.3) is 0 Å². The average Bonchev–Trinajstić information content (AvgIpc) is 2.69. The highest BCUT2D eigenvalue weighted by Gasteiger charge is 2.10. The minimum absolute atomic E-state index is 0. The van der Waals surface area contributed by atoms with Crippen LogP contribution in [-0.2, 0) is 25.4 Å². The van der Waals surface area contributed by atoms with E-state index in [0.717, 1.165) is 11.3 Å². The SMILES string of the molecule is C[n+]1cccc(C(=O)OCc2ccccc2)c1.C[n+]1ccccc1C=NO.[I-].[I-]. The number of aryl methyl sites for hydroxylation is 2. The van der Waals surface area contributed by atoms with Crippen molar-refractivity contribution >= 4 is 12.2 Å². The maximum absolute atomic E-state index is 11.7. The second-order valence-corrected chi connectivity index (χ2v) is 5.80. The Hall–Kier alpha value is -2.08. The van der Waals surface area contributed by atoms with Gasteiger partial charge in [0.2, 0.25) is 5.69 Å². The third-order valence-corrected chi connectivity index (χ3v) is 3.67. The predicted molar refractivity (Wildman–Crippen MR) is 100 cm³/mol. The number of benzene rings is 1. The number of rotatable bonds is 4. The number of hydrogen-bond donors (Lipinski definition) is 1. The van der Waals surface area contributed by atoms with Crippen molar-refractivity contribution in [1.29, 1.82) is 0 Å². The van der Waals surface area contributed by atoms with Gasteiger partial charge in [0.15, 0.2) is 18.6 Å². The first-order valence-corrected chi connectivity index (χ1v) is 8.38. The highest BCUT2D eigenvalue weighted by Crippen LogP contribution is 2.04. The third kappa shape index (κ3) is 9.79. The maximum Gasteiger partial charge on any atom is 0.344 e. The van der Waals surface area contributed by atoms with Crippen LogP contribution in [0.2, 0.25) is 0 Å². The molecule has 1 aromatic carbocycles. The summed E-state index contributed by atoms with van der Waals surface area (Å²) in [6.07, 6.45) is 6.89. The summed E-state index contributed by atoms with van der Waals surface area (Å²) in [5.41, 5.74) is 2.41. The average molecular weight is 619 g/mol. The minimum Gasteiger partial charge on any atom is -1.00 e. The molecule has 0 saturated heterocycles. The zero-order valence-corrected chi connectivity index (χ0v) is 20.5. The van der Waals surface area contributed by atoms with E-state index in [1.54, 1.807) is 12.3 Å². The van der Waals surface area contributed by atoms with E-state index in [1.807, 2.05) is 90.2 Å². The van der Waals surface area contributed by atoms with Gasteiger partial charge in [-0.3, -0.25) is 0 Å². The van der Waals surface area contributed by atoms with Gasteiger partial charge >= 0.3 is 5.97 Å². The number of ether oxygens (including phenoxy) is 1. The molecule has 2 heterocycles. The first-order valence-electron chi connectivity index (χ1n) is 8.38. The fourth-order valence-corrected chi connectivity index (χ4v) is 2.24. The van der Waals surface area contributed by atoms with Gasteiger partial charge in [-0.05, 0) is 17.7 Å². The van der Waals surface area contributed by atoms with Crippen molar-refractivity contribution in [3.8, 4) is 0 Å². The Morgan fingerprint density at radius 2 is 1.69 bits per heavy atom. The van der Waals surface area contributed by atoms with Crippen molar-refractivity contribution in [1.82, 2.24) is 0 Å². The Balaban J connectivity index is 0.000000567. The molecular weight excluding hydrogens is 596 g/mol. The fraction of sp³-hybridized carbons (Fsp3) is 0.143. The molecule has 0 amide bonds. The van der Waals surface area contributed by atoms with E-state index in [-0.39, 0.29) is 53.9 Å². The summed E-state index contributed by atoms with van der Waals surface area (Å²) in [6.45, 7) is 0.304. The largest absolute Gasteiger partial charge is 1.00 e. The molecule has 1 N–H and O–H groups in total. The molecule has 6 nitrogen and oxygen atoms in total. The quantitative estimate of drug-likeness (QED) is 0.0815. The number of hydrogen-bond acceptors (Lipinski definition) is 4. The lowest BCUT2D eigenvalue weighted by Crippen LogP contribution is -3.00. The number of oxime groups is 1. The molecule has 0 radical (unpaired) electrons. The zero-order valence-electron chi connectivity index (χ0n) is 16.2. The van der Waals surface area contributed by atoms with Crippen molar-refractivity contribution in [2.75, 3.05) is 0 Å². The van der Waals surface area contributed by atoms with Crippen molar-refractivity contribution < 1.29 is 71.8 Å². The van der Waals surface area contributed by atoms with Gasteiger partial charge in [-0.25, -0.2) is 13.9 Å². The van der Waals surface area contributed by atoms with E-state index < -0.39 is 0 Å². The van der Waals surface area contributed by atoms with Crippen molar-refractivity contribution in [2.24, 2.45) is 19.3 Å². The zero-order chi connectivity index (χ0) is 19.5. The molecule has 0 aliphatic heterocycles. The first kappa shape index (κ1) is 26.9. The molecule has 0 atom stereocenters.